The summed E-state index contributed by atoms with van der Waals surface area (Å²) in [5, 5.41) is 0. The molecule has 0 amide bonds. The maximum Gasteiger partial charge on any atom is 0.316 e. The maximum absolute atomic E-state index is 11.4. The fraction of sp³-hybridized carbons (Fsp3) is 0.800. The SMILES string of the molecule is CCOC(=O)C(C=O)C1CCOCC1. The fourth-order valence-electron chi connectivity index (χ4n) is 1.67. The molecule has 1 heterocycles. The molecule has 0 N–H and O–H groups in total. The van der Waals surface area contributed by atoms with Crippen molar-refractivity contribution < 1.29 is 19.1 Å². The predicted molar refractivity (Wildman–Crippen MR) is 49.7 cm³/mol. The Morgan fingerprint density at radius 3 is 2.71 bits per heavy atom. The van der Waals surface area contributed by atoms with E-state index in [4.69, 9.17) is 9.47 Å². The Morgan fingerprint density at radius 2 is 2.21 bits per heavy atom. The predicted octanol–water partition coefficient (Wildman–Crippen LogP) is 0.791. The highest BCUT2D eigenvalue weighted by Gasteiger charge is 2.30. The first-order valence-corrected chi connectivity index (χ1v) is 4.99. The molecule has 0 radical (unpaired) electrons. The van der Waals surface area contributed by atoms with Crippen molar-refractivity contribution in [2.45, 2.75) is 19.8 Å². The molecule has 14 heavy (non-hydrogen) atoms. The Bertz CT molecular complexity index is 196. The average molecular weight is 200 g/mol. The second kappa shape index (κ2) is 5.75. The highest BCUT2D eigenvalue weighted by atomic mass is 16.5. The average Bonchev–Trinajstić information content (AvgIpc) is 2.21. The van der Waals surface area contributed by atoms with E-state index in [1.54, 1.807) is 6.92 Å². The summed E-state index contributed by atoms with van der Waals surface area (Å²) >= 11 is 0. The number of ether oxygens (including phenoxy) is 2. The number of hydrogen-bond donors (Lipinski definition) is 0. The van der Waals surface area contributed by atoms with Crippen LogP contribution in [0.25, 0.3) is 0 Å². The molecule has 0 saturated carbocycles. The Hall–Kier alpha value is -0.900. The van der Waals surface area contributed by atoms with Crippen molar-refractivity contribution in [3.05, 3.63) is 0 Å². The van der Waals surface area contributed by atoms with Crippen LogP contribution in [0.5, 0.6) is 0 Å². The van der Waals surface area contributed by atoms with Crippen LogP contribution in [0.4, 0.5) is 0 Å². The van der Waals surface area contributed by atoms with E-state index in [0.29, 0.717) is 26.1 Å². The molecule has 0 spiro atoms. The minimum Gasteiger partial charge on any atom is -0.465 e. The van der Waals surface area contributed by atoms with Crippen molar-refractivity contribution >= 4 is 12.3 Å². The molecule has 0 aromatic carbocycles. The van der Waals surface area contributed by atoms with Crippen molar-refractivity contribution in [2.24, 2.45) is 11.8 Å². The molecule has 1 rings (SSSR count). The van der Waals surface area contributed by atoms with Gasteiger partial charge in [0.1, 0.15) is 12.2 Å². The lowest BCUT2D eigenvalue weighted by Crippen LogP contribution is -2.31. The van der Waals surface area contributed by atoms with E-state index in [-0.39, 0.29) is 5.92 Å². The van der Waals surface area contributed by atoms with Crippen LogP contribution < -0.4 is 0 Å². The van der Waals surface area contributed by atoms with Crippen LogP contribution in [0.1, 0.15) is 19.8 Å². The molecule has 4 nitrogen and oxygen atoms in total. The second-order valence-corrected chi connectivity index (χ2v) is 3.36. The molecule has 1 saturated heterocycles. The Morgan fingerprint density at radius 1 is 1.57 bits per heavy atom. The van der Waals surface area contributed by atoms with Gasteiger partial charge >= 0.3 is 5.97 Å². The van der Waals surface area contributed by atoms with Gasteiger partial charge in [0, 0.05) is 13.2 Å². The number of hydrogen-bond acceptors (Lipinski definition) is 4. The smallest absolute Gasteiger partial charge is 0.316 e. The minimum absolute atomic E-state index is 0.0975. The van der Waals surface area contributed by atoms with Gasteiger partial charge < -0.3 is 14.3 Å². The van der Waals surface area contributed by atoms with Gasteiger partial charge in [-0.05, 0) is 25.7 Å². The lowest BCUT2D eigenvalue weighted by atomic mass is 9.87. The molecule has 80 valence electrons. The van der Waals surface area contributed by atoms with Crippen LogP contribution in [0.15, 0.2) is 0 Å². The molecular formula is C10H16O4. The number of carbonyl (C=O) groups is 2. The van der Waals surface area contributed by atoms with Crippen LogP contribution in [0.3, 0.4) is 0 Å². The van der Waals surface area contributed by atoms with E-state index in [0.717, 1.165) is 12.8 Å². The zero-order valence-electron chi connectivity index (χ0n) is 8.40. The minimum atomic E-state index is -0.598. The van der Waals surface area contributed by atoms with E-state index >= 15 is 0 Å². The summed E-state index contributed by atoms with van der Waals surface area (Å²) in [7, 11) is 0. The number of rotatable bonds is 4. The van der Waals surface area contributed by atoms with Gasteiger partial charge in [0.15, 0.2) is 0 Å². The van der Waals surface area contributed by atoms with Crippen molar-refractivity contribution in [1.82, 2.24) is 0 Å². The fourth-order valence-corrected chi connectivity index (χ4v) is 1.67. The van der Waals surface area contributed by atoms with Crippen LogP contribution in [-0.2, 0) is 19.1 Å². The summed E-state index contributed by atoms with van der Waals surface area (Å²) in [6, 6.07) is 0. The number of aldehydes is 1. The van der Waals surface area contributed by atoms with Crippen molar-refractivity contribution in [1.29, 1.82) is 0 Å². The van der Waals surface area contributed by atoms with Gasteiger partial charge in [0.2, 0.25) is 0 Å². The maximum atomic E-state index is 11.4. The van der Waals surface area contributed by atoms with Crippen molar-refractivity contribution in [3.8, 4) is 0 Å². The molecule has 1 fully saturated rings. The topological polar surface area (TPSA) is 52.6 Å². The summed E-state index contributed by atoms with van der Waals surface area (Å²) in [6.07, 6.45) is 2.23. The van der Waals surface area contributed by atoms with Crippen molar-refractivity contribution in [2.75, 3.05) is 19.8 Å². The third-order valence-electron chi connectivity index (χ3n) is 2.48. The van der Waals surface area contributed by atoms with Crippen LogP contribution in [-0.4, -0.2) is 32.1 Å². The second-order valence-electron chi connectivity index (χ2n) is 3.36. The first-order valence-electron chi connectivity index (χ1n) is 4.99. The highest BCUT2D eigenvalue weighted by Crippen LogP contribution is 2.23. The van der Waals surface area contributed by atoms with Crippen molar-refractivity contribution in [3.63, 3.8) is 0 Å². The van der Waals surface area contributed by atoms with Crippen LogP contribution in [0, 0.1) is 11.8 Å². The molecule has 1 aliphatic heterocycles. The zero-order valence-corrected chi connectivity index (χ0v) is 8.40. The lowest BCUT2D eigenvalue weighted by Gasteiger charge is -2.25. The van der Waals surface area contributed by atoms with E-state index in [1.807, 2.05) is 0 Å². The van der Waals surface area contributed by atoms with E-state index in [2.05, 4.69) is 0 Å². The third-order valence-corrected chi connectivity index (χ3v) is 2.48. The lowest BCUT2D eigenvalue weighted by molar-refractivity contribution is -0.152. The molecule has 1 unspecified atom stereocenters. The van der Waals surface area contributed by atoms with Gasteiger partial charge in [0.25, 0.3) is 0 Å². The summed E-state index contributed by atoms with van der Waals surface area (Å²) in [5.41, 5.74) is 0. The molecule has 1 aliphatic rings. The number of carbonyl (C=O) groups excluding carboxylic acids is 2. The summed E-state index contributed by atoms with van der Waals surface area (Å²) in [6.45, 7) is 3.33. The van der Waals surface area contributed by atoms with E-state index in [1.165, 1.54) is 0 Å². The molecule has 0 aromatic rings. The Kier molecular flexibility index (Phi) is 4.59. The van der Waals surface area contributed by atoms with Gasteiger partial charge in [-0.3, -0.25) is 4.79 Å². The summed E-state index contributed by atoms with van der Waals surface area (Å²) in [5.74, 6) is -0.895. The van der Waals surface area contributed by atoms with Gasteiger partial charge in [0.05, 0.1) is 6.61 Å². The quantitative estimate of drug-likeness (QED) is 0.382. The normalized spacial score (nSPS) is 20.1. The molecule has 1 atom stereocenters. The van der Waals surface area contributed by atoms with Gasteiger partial charge in [-0.15, -0.1) is 0 Å². The van der Waals surface area contributed by atoms with E-state index < -0.39 is 11.9 Å². The summed E-state index contributed by atoms with van der Waals surface area (Å²) < 4.78 is 10.0. The highest BCUT2D eigenvalue weighted by molar-refractivity contribution is 5.88. The molecule has 0 bridgehead atoms. The molecular weight excluding hydrogens is 184 g/mol. The molecule has 0 aliphatic carbocycles. The van der Waals surface area contributed by atoms with Crippen LogP contribution >= 0.6 is 0 Å². The molecule has 0 aromatic heterocycles. The van der Waals surface area contributed by atoms with Gasteiger partial charge in [-0.1, -0.05) is 0 Å². The first-order chi connectivity index (χ1) is 6.79. The Balaban J connectivity index is 2.50. The first kappa shape index (κ1) is 11.2. The van der Waals surface area contributed by atoms with Gasteiger partial charge in [-0.2, -0.15) is 0 Å². The number of esters is 1. The standard InChI is InChI=1S/C10H16O4/c1-2-14-10(12)9(7-11)8-3-5-13-6-4-8/h7-9H,2-6H2,1H3. The monoisotopic (exact) mass is 200 g/mol. The van der Waals surface area contributed by atoms with E-state index in [9.17, 15) is 9.59 Å². The van der Waals surface area contributed by atoms with Crippen LogP contribution in [0.2, 0.25) is 0 Å². The third kappa shape index (κ3) is 2.80. The Labute approximate surface area is 83.6 Å². The summed E-state index contributed by atoms with van der Waals surface area (Å²) in [4.78, 5) is 22.2. The molecule has 4 heteroatoms. The van der Waals surface area contributed by atoms with Gasteiger partial charge in [-0.25, -0.2) is 0 Å². The zero-order chi connectivity index (χ0) is 10.4. The largest absolute Gasteiger partial charge is 0.465 e.